The fourth-order valence-electron chi connectivity index (χ4n) is 0.756. The van der Waals surface area contributed by atoms with E-state index >= 15 is 0 Å². The lowest BCUT2D eigenvalue weighted by Crippen LogP contribution is -2.44. The number of hydrogen-bond acceptors (Lipinski definition) is 3. The van der Waals surface area contributed by atoms with Crippen LogP contribution in [0.5, 0.6) is 0 Å². The van der Waals surface area contributed by atoms with Crippen LogP contribution in [-0.2, 0) is 14.4 Å². The molecule has 0 aromatic carbocycles. The number of rotatable bonds is 4. The molecular weight excluding hydrogens is 160 g/mol. The van der Waals surface area contributed by atoms with Gasteiger partial charge in [-0.1, -0.05) is 0 Å². The van der Waals surface area contributed by atoms with Crippen LogP contribution in [0.2, 0.25) is 0 Å². The Morgan fingerprint density at radius 1 is 1.33 bits per heavy atom. The lowest BCUT2D eigenvalue weighted by atomic mass is 10.1. The van der Waals surface area contributed by atoms with Gasteiger partial charge >= 0.3 is 0 Å². The van der Waals surface area contributed by atoms with Crippen molar-refractivity contribution in [3.05, 3.63) is 0 Å². The Bertz CT molecular complexity index is 197. The van der Waals surface area contributed by atoms with E-state index < -0.39 is 11.9 Å². The highest BCUT2D eigenvalue weighted by atomic mass is 16.2. The molecule has 0 rings (SSSR count). The van der Waals surface area contributed by atoms with E-state index in [2.05, 4.69) is 5.32 Å². The minimum atomic E-state index is -0.875. The first kappa shape index (κ1) is 10.6. The molecule has 0 aromatic rings. The van der Waals surface area contributed by atoms with Crippen LogP contribution in [0, 0.1) is 0 Å². The predicted octanol–water partition coefficient (Wildman–Crippen LogP) is -1.04. The average Bonchev–Trinajstić information content (AvgIpc) is 1.83. The quantitative estimate of drug-likeness (QED) is 0.567. The molecule has 1 atom stereocenters. The van der Waals surface area contributed by atoms with Crippen LogP contribution in [0.4, 0.5) is 0 Å². The summed E-state index contributed by atoms with van der Waals surface area (Å²) in [6.07, 6.45) is -0.0467. The van der Waals surface area contributed by atoms with Crippen LogP contribution >= 0.6 is 0 Å². The van der Waals surface area contributed by atoms with Crippen molar-refractivity contribution in [1.29, 1.82) is 0 Å². The number of amides is 2. The maximum absolute atomic E-state index is 10.6. The SMILES string of the molecule is CC(=O)CC(NC(C)=O)C(N)=O. The number of Topliss-reactive ketones (excluding diaryl/α,β-unsaturated/α-hetero) is 1. The van der Waals surface area contributed by atoms with Gasteiger partial charge in [-0.15, -0.1) is 0 Å². The predicted molar refractivity (Wildman–Crippen MR) is 42.1 cm³/mol. The van der Waals surface area contributed by atoms with Crippen molar-refractivity contribution in [2.75, 3.05) is 0 Å². The molecule has 0 heterocycles. The molecule has 5 nitrogen and oxygen atoms in total. The number of carbonyl (C=O) groups excluding carboxylic acids is 3. The fourth-order valence-corrected chi connectivity index (χ4v) is 0.756. The molecule has 0 saturated heterocycles. The Kier molecular flexibility index (Phi) is 3.96. The van der Waals surface area contributed by atoms with Gasteiger partial charge in [0.1, 0.15) is 11.8 Å². The van der Waals surface area contributed by atoms with Gasteiger partial charge in [0.15, 0.2) is 0 Å². The van der Waals surface area contributed by atoms with Gasteiger partial charge in [-0.25, -0.2) is 0 Å². The zero-order chi connectivity index (χ0) is 9.72. The van der Waals surface area contributed by atoms with Gasteiger partial charge in [0.05, 0.1) is 0 Å². The first-order valence-electron chi connectivity index (χ1n) is 3.49. The molecule has 0 aliphatic carbocycles. The number of nitrogens with one attached hydrogen (secondary N) is 1. The van der Waals surface area contributed by atoms with E-state index in [9.17, 15) is 14.4 Å². The highest BCUT2D eigenvalue weighted by Gasteiger charge is 2.17. The molecule has 68 valence electrons. The summed E-state index contributed by atoms with van der Waals surface area (Å²) in [5.41, 5.74) is 4.93. The van der Waals surface area contributed by atoms with Crippen LogP contribution in [0.3, 0.4) is 0 Å². The van der Waals surface area contributed by atoms with Crippen molar-refractivity contribution in [3.63, 3.8) is 0 Å². The summed E-state index contributed by atoms with van der Waals surface area (Å²) in [7, 11) is 0. The molecule has 0 radical (unpaired) electrons. The first-order valence-corrected chi connectivity index (χ1v) is 3.49. The Balaban J connectivity index is 4.14. The minimum Gasteiger partial charge on any atom is -0.368 e. The van der Waals surface area contributed by atoms with Crippen molar-refractivity contribution < 1.29 is 14.4 Å². The molecule has 3 N–H and O–H groups in total. The summed E-state index contributed by atoms with van der Waals surface area (Å²) in [6.45, 7) is 2.59. The molecular formula is C7H12N2O3. The lowest BCUT2D eigenvalue weighted by molar-refractivity contribution is -0.128. The smallest absolute Gasteiger partial charge is 0.240 e. The van der Waals surface area contributed by atoms with Crippen LogP contribution in [0.25, 0.3) is 0 Å². The van der Waals surface area contributed by atoms with E-state index in [1.807, 2.05) is 0 Å². The van der Waals surface area contributed by atoms with Gasteiger partial charge in [0.2, 0.25) is 11.8 Å². The Hall–Kier alpha value is -1.39. The van der Waals surface area contributed by atoms with Gasteiger partial charge in [0, 0.05) is 13.3 Å². The van der Waals surface area contributed by atoms with Crippen molar-refractivity contribution >= 4 is 17.6 Å². The van der Waals surface area contributed by atoms with E-state index in [1.165, 1.54) is 13.8 Å². The highest BCUT2D eigenvalue weighted by Crippen LogP contribution is 1.91. The van der Waals surface area contributed by atoms with Gasteiger partial charge in [0.25, 0.3) is 0 Å². The van der Waals surface area contributed by atoms with Crippen molar-refractivity contribution in [2.24, 2.45) is 5.73 Å². The van der Waals surface area contributed by atoms with Gasteiger partial charge in [-0.05, 0) is 6.92 Å². The third-order valence-electron chi connectivity index (χ3n) is 1.21. The van der Waals surface area contributed by atoms with Crippen molar-refractivity contribution in [1.82, 2.24) is 5.32 Å². The molecule has 12 heavy (non-hydrogen) atoms. The molecule has 0 saturated carbocycles. The normalized spacial score (nSPS) is 11.8. The zero-order valence-corrected chi connectivity index (χ0v) is 7.09. The van der Waals surface area contributed by atoms with Crippen LogP contribution < -0.4 is 11.1 Å². The average molecular weight is 172 g/mol. The maximum atomic E-state index is 10.6. The molecule has 1 unspecified atom stereocenters. The zero-order valence-electron chi connectivity index (χ0n) is 7.09. The van der Waals surface area contributed by atoms with E-state index in [0.717, 1.165) is 0 Å². The van der Waals surface area contributed by atoms with Crippen molar-refractivity contribution in [3.8, 4) is 0 Å². The maximum Gasteiger partial charge on any atom is 0.240 e. The second kappa shape index (κ2) is 4.48. The first-order chi connectivity index (χ1) is 5.43. The third kappa shape index (κ3) is 4.43. The molecule has 0 bridgehead atoms. The number of carbonyl (C=O) groups is 3. The third-order valence-corrected chi connectivity index (χ3v) is 1.21. The Labute approximate surface area is 70.3 Å². The summed E-state index contributed by atoms with van der Waals surface area (Å²) < 4.78 is 0. The molecule has 2 amide bonds. The van der Waals surface area contributed by atoms with Crippen molar-refractivity contribution in [2.45, 2.75) is 26.3 Å². The topological polar surface area (TPSA) is 89.3 Å². The monoisotopic (exact) mass is 172 g/mol. The molecule has 0 fully saturated rings. The number of primary amides is 1. The second-order valence-electron chi connectivity index (χ2n) is 2.56. The highest BCUT2D eigenvalue weighted by molar-refractivity contribution is 5.90. The van der Waals surface area contributed by atoms with E-state index in [0.29, 0.717) is 0 Å². The van der Waals surface area contributed by atoms with Gasteiger partial charge in [-0.2, -0.15) is 0 Å². The summed E-state index contributed by atoms with van der Waals surface area (Å²) in [4.78, 5) is 31.7. The molecule has 0 aromatic heterocycles. The van der Waals surface area contributed by atoms with E-state index in [-0.39, 0.29) is 18.1 Å². The van der Waals surface area contributed by atoms with E-state index in [1.54, 1.807) is 0 Å². The van der Waals surface area contributed by atoms with Gasteiger partial charge in [-0.3, -0.25) is 14.4 Å². The van der Waals surface area contributed by atoms with E-state index in [4.69, 9.17) is 5.73 Å². The summed E-state index contributed by atoms with van der Waals surface area (Å²) >= 11 is 0. The largest absolute Gasteiger partial charge is 0.368 e. The van der Waals surface area contributed by atoms with Crippen LogP contribution in [0.15, 0.2) is 0 Å². The standard InChI is InChI=1S/C7H12N2O3/c1-4(10)3-6(7(8)12)9-5(2)11/h6H,3H2,1-2H3,(H2,8,12)(H,9,11). The second-order valence-corrected chi connectivity index (χ2v) is 2.56. The summed E-state index contributed by atoms with van der Waals surface area (Å²) in [5, 5.41) is 2.28. The Morgan fingerprint density at radius 2 is 1.83 bits per heavy atom. The molecule has 0 aliphatic heterocycles. The van der Waals surface area contributed by atoms with Gasteiger partial charge < -0.3 is 11.1 Å². The number of hydrogen-bond donors (Lipinski definition) is 2. The summed E-state index contributed by atoms with van der Waals surface area (Å²) in [5.74, 6) is -1.26. The fraction of sp³-hybridized carbons (Fsp3) is 0.571. The lowest BCUT2D eigenvalue weighted by Gasteiger charge is -2.11. The number of nitrogens with two attached hydrogens (primary N) is 1. The van der Waals surface area contributed by atoms with Crippen LogP contribution in [0.1, 0.15) is 20.3 Å². The summed E-state index contributed by atoms with van der Waals surface area (Å²) in [6, 6.07) is -0.875. The molecule has 0 aliphatic rings. The number of ketones is 1. The van der Waals surface area contributed by atoms with Crippen LogP contribution in [-0.4, -0.2) is 23.6 Å². The Morgan fingerprint density at radius 3 is 2.08 bits per heavy atom. The minimum absolute atomic E-state index is 0.0467. The molecule has 0 spiro atoms. The molecule has 5 heteroatoms.